The molecule has 1 aromatic carbocycles. The Kier molecular flexibility index (Phi) is 5.18. The van der Waals surface area contributed by atoms with Gasteiger partial charge in [0.2, 0.25) is 10.0 Å². The Bertz CT molecular complexity index is 516. The lowest BCUT2D eigenvalue weighted by molar-refractivity contribution is 0.449. The summed E-state index contributed by atoms with van der Waals surface area (Å²) in [7, 11) is -1.24. The molecule has 0 amide bonds. The number of hydrogen-bond donors (Lipinski definition) is 1. The molecule has 0 aliphatic carbocycles. The van der Waals surface area contributed by atoms with Crippen LogP contribution in [0, 0.1) is 5.92 Å². The average Bonchev–Trinajstić information content (AvgIpc) is 2.89. The van der Waals surface area contributed by atoms with Crippen LogP contribution in [-0.4, -0.2) is 45.2 Å². The summed E-state index contributed by atoms with van der Waals surface area (Å²) in [4.78, 5) is 0. The molecule has 1 aliphatic rings. The first-order valence-corrected chi connectivity index (χ1v) is 8.81. The largest absolute Gasteiger partial charge is 0.319 e. The van der Waals surface area contributed by atoms with Crippen molar-refractivity contribution in [2.75, 3.05) is 32.4 Å². The lowest BCUT2D eigenvalue weighted by atomic mass is 10.0. The van der Waals surface area contributed by atoms with Crippen molar-refractivity contribution in [3.63, 3.8) is 0 Å². The Morgan fingerprint density at radius 2 is 2.05 bits per heavy atom. The molecule has 4 nitrogen and oxygen atoms in total. The van der Waals surface area contributed by atoms with Gasteiger partial charge in [0.1, 0.15) is 0 Å². The molecule has 1 fully saturated rings. The average molecular weight is 296 g/mol. The van der Waals surface area contributed by atoms with Crippen molar-refractivity contribution < 1.29 is 8.42 Å². The van der Waals surface area contributed by atoms with Gasteiger partial charge < -0.3 is 5.32 Å². The van der Waals surface area contributed by atoms with E-state index >= 15 is 0 Å². The third-order valence-corrected chi connectivity index (χ3v) is 6.00. The lowest BCUT2D eigenvalue weighted by Crippen LogP contribution is -2.33. The maximum Gasteiger partial charge on any atom is 0.214 e. The zero-order valence-corrected chi connectivity index (χ0v) is 13.1. The molecule has 0 saturated carbocycles. The molecule has 1 aromatic rings. The van der Waals surface area contributed by atoms with Gasteiger partial charge in [-0.2, -0.15) is 0 Å². The molecule has 1 saturated heterocycles. The fourth-order valence-electron chi connectivity index (χ4n) is 2.80. The first-order valence-electron chi connectivity index (χ1n) is 7.20. The molecule has 2 atom stereocenters. The molecule has 0 aromatic heterocycles. The standard InChI is InChI=1S/C15H24N2O2S/c1-13(15-6-4-3-5-7-15)12-20(18,19)17-9-8-14(11-17)10-16-2/h3-7,13-14,16H,8-12H2,1-2H3. The van der Waals surface area contributed by atoms with Crippen LogP contribution in [0.3, 0.4) is 0 Å². The summed E-state index contributed by atoms with van der Waals surface area (Å²) in [6, 6.07) is 9.85. The molecule has 2 rings (SSSR count). The highest BCUT2D eigenvalue weighted by molar-refractivity contribution is 7.89. The zero-order chi connectivity index (χ0) is 14.6. The number of nitrogens with one attached hydrogen (secondary N) is 1. The van der Waals surface area contributed by atoms with Gasteiger partial charge in [-0.1, -0.05) is 37.3 Å². The highest BCUT2D eigenvalue weighted by Crippen LogP contribution is 2.23. The molecule has 20 heavy (non-hydrogen) atoms. The predicted molar refractivity (Wildman–Crippen MR) is 82.3 cm³/mol. The van der Waals surface area contributed by atoms with E-state index in [1.165, 1.54) is 0 Å². The lowest BCUT2D eigenvalue weighted by Gasteiger charge is -2.20. The summed E-state index contributed by atoms with van der Waals surface area (Å²) in [6.07, 6.45) is 0.958. The van der Waals surface area contributed by atoms with Gasteiger partial charge in [-0.3, -0.25) is 0 Å². The van der Waals surface area contributed by atoms with Crippen LogP contribution in [0.25, 0.3) is 0 Å². The van der Waals surface area contributed by atoms with Gasteiger partial charge in [0.05, 0.1) is 5.75 Å². The SMILES string of the molecule is CNCC1CCN(S(=O)(=O)CC(C)c2ccccc2)C1. The third-order valence-electron chi connectivity index (χ3n) is 3.96. The minimum absolute atomic E-state index is 0.0320. The summed E-state index contributed by atoms with van der Waals surface area (Å²) in [5.41, 5.74) is 1.09. The second kappa shape index (κ2) is 6.70. The van der Waals surface area contributed by atoms with Gasteiger partial charge in [0, 0.05) is 13.1 Å². The highest BCUT2D eigenvalue weighted by Gasteiger charge is 2.32. The number of sulfonamides is 1. The van der Waals surface area contributed by atoms with E-state index in [9.17, 15) is 8.42 Å². The monoisotopic (exact) mass is 296 g/mol. The maximum atomic E-state index is 12.5. The number of nitrogens with zero attached hydrogens (tertiary/aromatic N) is 1. The quantitative estimate of drug-likeness (QED) is 0.868. The normalized spacial score (nSPS) is 22.0. The fraction of sp³-hybridized carbons (Fsp3) is 0.600. The van der Waals surface area contributed by atoms with Gasteiger partial charge in [-0.25, -0.2) is 12.7 Å². The first-order chi connectivity index (χ1) is 9.53. The van der Waals surface area contributed by atoms with E-state index in [2.05, 4.69) is 5.32 Å². The maximum absolute atomic E-state index is 12.5. The van der Waals surface area contributed by atoms with Crippen LogP contribution in [-0.2, 0) is 10.0 Å². The van der Waals surface area contributed by atoms with E-state index in [1.54, 1.807) is 4.31 Å². The second-order valence-corrected chi connectivity index (χ2v) is 7.67. The van der Waals surface area contributed by atoms with Crippen LogP contribution >= 0.6 is 0 Å². The topological polar surface area (TPSA) is 49.4 Å². The Labute approximate surface area is 122 Å². The minimum Gasteiger partial charge on any atom is -0.319 e. The smallest absolute Gasteiger partial charge is 0.214 e. The van der Waals surface area contributed by atoms with Crippen molar-refractivity contribution in [2.45, 2.75) is 19.3 Å². The number of hydrogen-bond acceptors (Lipinski definition) is 3. The van der Waals surface area contributed by atoms with Crippen molar-refractivity contribution in [1.82, 2.24) is 9.62 Å². The van der Waals surface area contributed by atoms with Crippen molar-refractivity contribution in [1.29, 1.82) is 0 Å². The van der Waals surface area contributed by atoms with Crippen molar-refractivity contribution in [3.05, 3.63) is 35.9 Å². The summed E-state index contributed by atoms with van der Waals surface area (Å²) >= 11 is 0. The van der Waals surface area contributed by atoms with E-state index in [1.807, 2.05) is 44.3 Å². The van der Waals surface area contributed by atoms with Crippen LogP contribution in [0.4, 0.5) is 0 Å². The van der Waals surface area contributed by atoms with Crippen LogP contribution in [0.5, 0.6) is 0 Å². The molecule has 0 radical (unpaired) electrons. The molecule has 5 heteroatoms. The molecular formula is C15H24N2O2S. The number of rotatable bonds is 6. The molecule has 0 bridgehead atoms. The minimum atomic E-state index is -3.15. The van der Waals surface area contributed by atoms with Gasteiger partial charge in [0.15, 0.2) is 0 Å². The van der Waals surface area contributed by atoms with E-state index in [4.69, 9.17) is 0 Å². The Hall–Kier alpha value is -0.910. The van der Waals surface area contributed by atoms with Crippen LogP contribution in [0.2, 0.25) is 0 Å². The molecule has 0 spiro atoms. The molecule has 1 N–H and O–H groups in total. The summed E-state index contributed by atoms with van der Waals surface area (Å²) < 4.78 is 26.6. The molecular weight excluding hydrogens is 272 g/mol. The number of benzene rings is 1. The summed E-state index contributed by atoms with van der Waals surface area (Å²) in [6.45, 7) is 4.19. The van der Waals surface area contributed by atoms with Crippen LogP contribution in [0.1, 0.15) is 24.8 Å². The zero-order valence-electron chi connectivity index (χ0n) is 12.2. The Morgan fingerprint density at radius 1 is 1.35 bits per heavy atom. The van der Waals surface area contributed by atoms with Crippen molar-refractivity contribution in [2.24, 2.45) is 5.92 Å². The molecule has 1 aliphatic heterocycles. The van der Waals surface area contributed by atoms with Gasteiger partial charge >= 0.3 is 0 Å². The van der Waals surface area contributed by atoms with Gasteiger partial charge in [0.25, 0.3) is 0 Å². The van der Waals surface area contributed by atoms with E-state index in [0.717, 1.165) is 18.5 Å². The fourth-order valence-corrected chi connectivity index (χ4v) is 4.66. The first kappa shape index (κ1) is 15.5. The van der Waals surface area contributed by atoms with Crippen molar-refractivity contribution >= 4 is 10.0 Å². The van der Waals surface area contributed by atoms with Gasteiger partial charge in [-0.05, 0) is 37.4 Å². The Morgan fingerprint density at radius 3 is 2.70 bits per heavy atom. The third kappa shape index (κ3) is 3.81. The molecule has 1 heterocycles. The highest BCUT2D eigenvalue weighted by atomic mass is 32.2. The van der Waals surface area contributed by atoms with E-state index in [0.29, 0.717) is 19.0 Å². The van der Waals surface area contributed by atoms with E-state index in [-0.39, 0.29) is 11.7 Å². The molecule has 2 unspecified atom stereocenters. The molecule has 112 valence electrons. The predicted octanol–water partition coefficient (Wildman–Crippen LogP) is 1.66. The van der Waals surface area contributed by atoms with Crippen molar-refractivity contribution in [3.8, 4) is 0 Å². The van der Waals surface area contributed by atoms with Crippen LogP contribution in [0.15, 0.2) is 30.3 Å². The second-order valence-electron chi connectivity index (χ2n) is 5.66. The summed E-state index contributed by atoms with van der Waals surface area (Å²) in [5, 5.41) is 3.13. The summed E-state index contributed by atoms with van der Waals surface area (Å²) in [5.74, 6) is 0.676. The van der Waals surface area contributed by atoms with Crippen LogP contribution < -0.4 is 5.32 Å². The van der Waals surface area contributed by atoms with E-state index < -0.39 is 10.0 Å². The Balaban J connectivity index is 1.98. The van der Waals surface area contributed by atoms with Gasteiger partial charge in [-0.15, -0.1) is 0 Å².